The van der Waals surface area contributed by atoms with E-state index >= 15 is 0 Å². The second kappa shape index (κ2) is 23.9. The lowest BCUT2D eigenvalue weighted by Crippen LogP contribution is -2.55. The maximum Gasteiger partial charge on any atom is 0.242 e. The van der Waals surface area contributed by atoms with Gasteiger partial charge in [-0.25, -0.2) is 0 Å². The van der Waals surface area contributed by atoms with Crippen LogP contribution in [-0.2, 0) is 40.0 Å². The van der Waals surface area contributed by atoms with E-state index in [1.54, 1.807) is 50.1 Å². The zero-order valence-electron chi connectivity index (χ0n) is 38.2. The molecular weight excluding hydrogens is 737 g/mol. The van der Waals surface area contributed by atoms with Gasteiger partial charge >= 0.3 is 0 Å². The molecule has 9 atom stereocenters. The number of benzene rings is 1. The van der Waals surface area contributed by atoms with Gasteiger partial charge in [-0.2, -0.15) is 0 Å². The molecule has 1 aromatic rings. The van der Waals surface area contributed by atoms with Crippen molar-refractivity contribution in [3.05, 3.63) is 29.8 Å². The van der Waals surface area contributed by atoms with Gasteiger partial charge in [0.05, 0.1) is 42.7 Å². The summed E-state index contributed by atoms with van der Waals surface area (Å²) in [6.45, 7) is 18.7. The lowest BCUT2D eigenvalue weighted by molar-refractivity contribution is -0.149. The smallest absolute Gasteiger partial charge is 0.242 e. The molecule has 1 aliphatic heterocycles. The van der Waals surface area contributed by atoms with Crippen LogP contribution in [0.3, 0.4) is 0 Å². The van der Waals surface area contributed by atoms with Crippen molar-refractivity contribution in [3.63, 3.8) is 0 Å². The molecule has 0 radical (unpaired) electrons. The average Bonchev–Trinajstić information content (AvgIpc) is 3.64. The van der Waals surface area contributed by atoms with Crippen LogP contribution >= 0.6 is 0 Å². The fraction of sp³-hybridized carbons (Fsp3) is 0.756. The molecule has 1 aliphatic rings. The second-order valence-corrected chi connectivity index (χ2v) is 17.9. The third-order valence-corrected chi connectivity index (χ3v) is 12.1. The van der Waals surface area contributed by atoms with Crippen molar-refractivity contribution in [2.75, 3.05) is 47.6 Å². The lowest BCUT2D eigenvalue weighted by atomic mass is 9.83. The third kappa shape index (κ3) is 14.0. The minimum Gasteiger partial charge on any atom is -0.399 e. The molecule has 4 amide bonds. The topological polar surface area (TPSA) is 164 Å². The van der Waals surface area contributed by atoms with Gasteiger partial charge in [-0.3, -0.25) is 28.9 Å². The van der Waals surface area contributed by atoms with Gasteiger partial charge in [0.1, 0.15) is 6.04 Å². The van der Waals surface area contributed by atoms with Crippen molar-refractivity contribution in [1.29, 1.82) is 0 Å². The average molecular weight is 815 g/mol. The number of ketones is 1. The molecule has 0 saturated carbocycles. The molecule has 1 aromatic carbocycles. The van der Waals surface area contributed by atoms with Crippen LogP contribution in [0.2, 0.25) is 0 Å². The van der Waals surface area contributed by atoms with E-state index < -0.39 is 36.1 Å². The number of carbonyl (C=O) groups is 5. The Balaban J connectivity index is 2.26. The van der Waals surface area contributed by atoms with Gasteiger partial charge in [0, 0.05) is 52.4 Å². The third-order valence-electron chi connectivity index (χ3n) is 12.1. The summed E-state index contributed by atoms with van der Waals surface area (Å²) in [5.74, 6) is -1.85. The second-order valence-electron chi connectivity index (χ2n) is 17.9. The summed E-state index contributed by atoms with van der Waals surface area (Å²) >= 11 is 0. The number of nitrogens with one attached hydrogen (secondary N) is 2. The van der Waals surface area contributed by atoms with E-state index in [1.165, 1.54) is 0 Å². The molecule has 13 heteroatoms. The number of nitrogen functional groups attached to an aromatic ring is 1. The van der Waals surface area contributed by atoms with Crippen molar-refractivity contribution in [2.45, 2.75) is 144 Å². The van der Waals surface area contributed by atoms with Crippen LogP contribution in [0.4, 0.5) is 5.69 Å². The van der Waals surface area contributed by atoms with E-state index in [4.69, 9.17) is 15.2 Å². The molecule has 4 N–H and O–H groups in total. The first-order chi connectivity index (χ1) is 27.2. The van der Waals surface area contributed by atoms with Gasteiger partial charge in [-0.05, 0) is 74.7 Å². The minimum absolute atomic E-state index is 0.00677. The minimum atomic E-state index is -0.750. The maximum absolute atomic E-state index is 14.3. The summed E-state index contributed by atoms with van der Waals surface area (Å²) < 4.78 is 12.1. The Morgan fingerprint density at radius 1 is 0.879 bits per heavy atom. The fourth-order valence-corrected chi connectivity index (χ4v) is 8.72. The van der Waals surface area contributed by atoms with Crippen molar-refractivity contribution in [1.82, 2.24) is 25.3 Å². The number of rotatable bonds is 24. The van der Waals surface area contributed by atoms with E-state index in [-0.39, 0.29) is 78.0 Å². The monoisotopic (exact) mass is 815 g/mol. The molecule has 2 rings (SSSR count). The number of carbonyl (C=O) groups excluding carboxylic acids is 5. The van der Waals surface area contributed by atoms with Crippen LogP contribution < -0.4 is 16.4 Å². The van der Waals surface area contributed by atoms with Gasteiger partial charge in [-0.1, -0.05) is 80.9 Å². The van der Waals surface area contributed by atoms with Crippen LogP contribution in [-0.4, -0.2) is 122 Å². The molecule has 0 spiro atoms. The van der Waals surface area contributed by atoms with Crippen LogP contribution in [0.1, 0.15) is 106 Å². The van der Waals surface area contributed by atoms with Crippen molar-refractivity contribution in [3.8, 4) is 0 Å². The first-order valence-corrected chi connectivity index (χ1v) is 21.4. The predicted molar refractivity (Wildman–Crippen MR) is 230 cm³/mol. The molecular formula is C45H78N6O7. The molecule has 1 fully saturated rings. The number of anilines is 1. The Morgan fingerprint density at radius 3 is 2.00 bits per heavy atom. The first-order valence-electron chi connectivity index (χ1n) is 21.4. The zero-order chi connectivity index (χ0) is 44.0. The van der Waals surface area contributed by atoms with E-state index in [1.807, 2.05) is 72.7 Å². The first kappa shape index (κ1) is 50.6. The summed E-state index contributed by atoms with van der Waals surface area (Å²) in [6, 6.07) is 5.42. The molecule has 1 saturated heterocycles. The maximum atomic E-state index is 14.3. The van der Waals surface area contributed by atoms with Gasteiger partial charge in [0.15, 0.2) is 5.78 Å². The Hall–Kier alpha value is -3.55. The Labute approximate surface area is 349 Å². The fourth-order valence-electron chi connectivity index (χ4n) is 8.72. The zero-order valence-corrected chi connectivity index (χ0v) is 38.2. The summed E-state index contributed by atoms with van der Waals surface area (Å²) in [6.07, 6.45) is 1.52. The summed E-state index contributed by atoms with van der Waals surface area (Å²) in [7, 11) is 8.68. The lowest BCUT2D eigenvalue weighted by Gasteiger charge is -2.41. The number of amides is 4. The van der Waals surface area contributed by atoms with E-state index in [0.29, 0.717) is 31.6 Å². The van der Waals surface area contributed by atoms with Crippen molar-refractivity contribution in [2.24, 2.45) is 35.5 Å². The van der Waals surface area contributed by atoms with Crippen LogP contribution in [0.15, 0.2) is 24.3 Å². The summed E-state index contributed by atoms with van der Waals surface area (Å²) in [4.78, 5) is 74.9. The van der Waals surface area contributed by atoms with Crippen molar-refractivity contribution < 1.29 is 33.4 Å². The molecule has 0 aliphatic carbocycles. The SMILES string of the molecule is CC[C@H](C)[C@@H]([C@@H](CC(=O)N1CCC[C@H]1[C@H](OC)[C@@H](C)C(=O)N[C@@H](CC(C)C)C(=O)NCc1ccc(N)cc1)OC)N(C)C(=O)[C@@H](CC(=O)[C@H](C(C)C)N(C)C)C(C)C. The Kier molecular flexibility index (Phi) is 20.8. The van der Waals surface area contributed by atoms with Crippen LogP contribution in [0.25, 0.3) is 0 Å². The summed E-state index contributed by atoms with van der Waals surface area (Å²) in [5.41, 5.74) is 7.34. The van der Waals surface area contributed by atoms with Gasteiger partial charge in [0.2, 0.25) is 23.6 Å². The molecule has 0 bridgehead atoms. The highest BCUT2D eigenvalue weighted by molar-refractivity contribution is 5.90. The van der Waals surface area contributed by atoms with E-state index in [2.05, 4.69) is 24.5 Å². The van der Waals surface area contributed by atoms with Gasteiger partial charge < -0.3 is 35.6 Å². The molecule has 13 nitrogen and oxygen atoms in total. The molecule has 58 heavy (non-hydrogen) atoms. The number of Topliss-reactive ketones (excluding diaryl/α,β-unsaturated/α-hetero) is 1. The molecule has 0 unspecified atom stereocenters. The summed E-state index contributed by atoms with van der Waals surface area (Å²) in [5, 5.41) is 5.93. The van der Waals surface area contributed by atoms with E-state index in [0.717, 1.165) is 18.4 Å². The van der Waals surface area contributed by atoms with Gasteiger partial charge in [0.25, 0.3) is 0 Å². The standard InChI is InChI=1S/C45H78N6O7/c1-15-30(8)41(50(12)45(56)34(28(4)5)24-37(52)40(29(6)7)49(10)11)38(57-13)25-39(53)51-22-16-17-36(51)42(58-14)31(9)43(54)48-35(23-27(2)3)44(55)47-26-32-18-20-33(46)21-19-32/h18-21,27-31,34-36,38,40-42H,15-17,22-26,46H2,1-14H3,(H,47,55)(H,48,54)/t30-,31+,34-,35-,36-,38+,40-,41-,42+/m0/s1. The van der Waals surface area contributed by atoms with Crippen LogP contribution in [0, 0.1) is 35.5 Å². The number of nitrogens with two attached hydrogens (primary N) is 1. The van der Waals surface area contributed by atoms with Crippen molar-refractivity contribution >= 4 is 35.1 Å². The largest absolute Gasteiger partial charge is 0.399 e. The Morgan fingerprint density at radius 2 is 1.50 bits per heavy atom. The van der Waals surface area contributed by atoms with E-state index in [9.17, 15) is 24.0 Å². The molecule has 0 aromatic heterocycles. The number of likely N-dealkylation sites (N-methyl/N-ethyl adjacent to an activating group) is 2. The predicted octanol–water partition coefficient (Wildman–Crippen LogP) is 5.15. The Bertz CT molecular complexity index is 1460. The van der Waals surface area contributed by atoms with Crippen LogP contribution in [0.5, 0.6) is 0 Å². The number of nitrogens with zero attached hydrogens (tertiary/aromatic N) is 3. The molecule has 330 valence electrons. The molecule has 1 heterocycles. The quantitative estimate of drug-likeness (QED) is 0.120. The number of hydrogen-bond donors (Lipinski definition) is 3. The number of ether oxygens (including phenoxy) is 2. The highest BCUT2D eigenvalue weighted by Gasteiger charge is 2.43. The number of hydrogen-bond acceptors (Lipinski definition) is 9. The van der Waals surface area contributed by atoms with Gasteiger partial charge in [-0.15, -0.1) is 0 Å². The highest BCUT2D eigenvalue weighted by atomic mass is 16.5. The number of methoxy groups -OCH3 is 2. The normalized spacial score (nSPS) is 18.7. The number of likely N-dealkylation sites (tertiary alicyclic amines) is 1. The highest BCUT2D eigenvalue weighted by Crippen LogP contribution is 2.31.